The standard InChI is InChI=1S/C23H22Cl2N4O3/c1-32-23(31)21(17-6-2-3-7-18(17)24)27-10-12-28(13-11-27)22(30)16-14-26-29(15-16)20-9-5-4-8-19(20)25/h2-9,14-15,21H,10-13H2,1H3. The zero-order valence-corrected chi connectivity index (χ0v) is 19.0. The number of rotatable bonds is 5. The number of carbonyl (C=O) groups is 2. The van der Waals surface area contributed by atoms with Crippen LogP contribution < -0.4 is 0 Å². The SMILES string of the molecule is COC(=O)C(c1ccccc1Cl)N1CCN(C(=O)c2cnn(-c3ccccc3Cl)c2)CC1. The highest BCUT2D eigenvalue weighted by Gasteiger charge is 2.34. The van der Waals surface area contributed by atoms with E-state index in [2.05, 4.69) is 5.10 Å². The maximum Gasteiger partial charge on any atom is 0.327 e. The molecule has 4 rings (SSSR count). The number of nitrogens with zero attached hydrogens (tertiary/aromatic N) is 4. The highest BCUT2D eigenvalue weighted by molar-refractivity contribution is 6.32. The molecular weight excluding hydrogens is 451 g/mol. The van der Waals surface area contributed by atoms with E-state index in [4.69, 9.17) is 27.9 Å². The summed E-state index contributed by atoms with van der Waals surface area (Å²) < 4.78 is 6.63. The van der Waals surface area contributed by atoms with Crippen LogP contribution in [0.3, 0.4) is 0 Å². The van der Waals surface area contributed by atoms with Gasteiger partial charge in [0.25, 0.3) is 5.91 Å². The molecule has 1 aliphatic heterocycles. The Labute approximate surface area is 196 Å². The fourth-order valence-electron chi connectivity index (χ4n) is 3.85. The zero-order chi connectivity index (χ0) is 22.7. The molecule has 1 saturated heterocycles. The Morgan fingerprint density at radius 2 is 1.62 bits per heavy atom. The van der Waals surface area contributed by atoms with E-state index in [1.165, 1.54) is 7.11 Å². The second kappa shape index (κ2) is 9.73. The molecule has 1 amide bonds. The predicted molar refractivity (Wildman–Crippen MR) is 122 cm³/mol. The molecule has 0 spiro atoms. The average Bonchev–Trinajstić information content (AvgIpc) is 3.30. The molecule has 1 atom stereocenters. The maximum absolute atomic E-state index is 13.0. The van der Waals surface area contributed by atoms with Crippen LogP contribution in [0.25, 0.3) is 5.69 Å². The molecule has 2 aromatic carbocycles. The third kappa shape index (κ3) is 4.50. The number of methoxy groups -OCH3 is 1. The first-order valence-corrected chi connectivity index (χ1v) is 10.9. The van der Waals surface area contributed by atoms with Crippen molar-refractivity contribution in [3.05, 3.63) is 82.1 Å². The number of halogens is 2. The average molecular weight is 473 g/mol. The van der Waals surface area contributed by atoms with Crippen molar-refractivity contribution in [2.45, 2.75) is 6.04 Å². The number of hydrogen-bond donors (Lipinski definition) is 0. The van der Waals surface area contributed by atoms with Gasteiger partial charge in [0.05, 0.1) is 29.6 Å². The minimum absolute atomic E-state index is 0.115. The number of benzene rings is 2. The van der Waals surface area contributed by atoms with E-state index < -0.39 is 6.04 Å². The lowest BCUT2D eigenvalue weighted by molar-refractivity contribution is -0.148. The number of para-hydroxylation sites is 1. The Kier molecular flexibility index (Phi) is 6.79. The van der Waals surface area contributed by atoms with Gasteiger partial charge in [-0.2, -0.15) is 5.10 Å². The largest absolute Gasteiger partial charge is 0.468 e. The van der Waals surface area contributed by atoms with Gasteiger partial charge in [-0.25, -0.2) is 9.48 Å². The van der Waals surface area contributed by atoms with Crippen molar-refractivity contribution in [3.63, 3.8) is 0 Å². The summed E-state index contributed by atoms with van der Waals surface area (Å²) in [7, 11) is 1.36. The summed E-state index contributed by atoms with van der Waals surface area (Å²) in [6.45, 7) is 1.95. The highest BCUT2D eigenvalue weighted by atomic mass is 35.5. The molecule has 3 aromatic rings. The number of piperazine rings is 1. The predicted octanol–water partition coefficient (Wildman–Crippen LogP) is 3.85. The lowest BCUT2D eigenvalue weighted by Crippen LogP contribution is -2.51. The van der Waals surface area contributed by atoms with Crippen molar-refractivity contribution < 1.29 is 14.3 Å². The Morgan fingerprint density at radius 1 is 0.969 bits per heavy atom. The third-order valence-corrected chi connectivity index (χ3v) is 6.18. The van der Waals surface area contributed by atoms with Gasteiger partial charge in [0.2, 0.25) is 0 Å². The molecule has 0 aliphatic carbocycles. The van der Waals surface area contributed by atoms with Gasteiger partial charge in [0.1, 0.15) is 6.04 Å². The van der Waals surface area contributed by atoms with E-state index in [9.17, 15) is 9.59 Å². The molecule has 0 radical (unpaired) electrons. The van der Waals surface area contributed by atoms with Gasteiger partial charge in [0, 0.05) is 37.4 Å². The van der Waals surface area contributed by atoms with E-state index in [-0.39, 0.29) is 11.9 Å². The molecule has 1 aliphatic rings. The van der Waals surface area contributed by atoms with Crippen molar-refractivity contribution in [3.8, 4) is 5.69 Å². The van der Waals surface area contributed by atoms with Crippen molar-refractivity contribution in [2.24, 2.45) is 0 Å². The van der Waals surface area contributed by atoms with Crippen molar-refractivity contribution in [2.75, 3.05) is 33.3 Å². The molecule has 1 aromatic heterocycles. The van der Waals surface area contributed by atoms with E-state index in [1.54, 1.807) is 34.1 Å². The number of esters is 1. The van der Waals surface area contributed by atoms with Crippen molar-refractivity contribution in [1.29, 1.82) is 0 Å². The zero-order valence-electron chi connectivity index (χ0n) is 17.4. The number of aromatic nitrogens is 2. The second-order valence-electron chi connectivity index (χ2n) is 7.40. The first-order valence-electron chi connectivity index (χ1n) is 10.1. The fourth-order valence-corrected chi connectivity index (χ4v) is 4.31. The summed E-state index contributed by atoms with van der Waals surface area (Å²) in [6, 6.07) is 13.9. The Hall–Kier alpha value is -2.87. The Balaban J connectivity index is 1.46. The molecule has 1 unspecified atom stereocenters. The highest BCUT2D eigenvalue weighted by Crippen LogP contribution is 2.29. The molecular formula is C23H22Cl2N4O3. The Bertz CT molecular complexity index is 1130. The van der Waals surface area contributed by atoms with Crippen LogP contribution in [-0.4, -0.2) is 64.7 Å². The molecule has 0 saturated carbocycles. The van der Waals surface area contributed by atoms with Gasteiger partial charge in [-0.15, -0.1) is 0 Å². The smallest absolute Gasteiger partial charge is 0.327 e. The van der Waals surface area contributed by atoms with E-state index in [0.29, 0.717) is 53.0 Å². The molecule has 0 N–H and O–H groups in total. The summed E-state index contributed by atoms with van der Waals surface area (Å²) in [5.41, 5.74) is 1.88. The van der Waals surface area contributed by atoms with E-state index in [1.807, 2.05) is 41.3 Å². The summed E-state index contributed by atoms with van der Waals surface area (Å²) in [6.07, 6.45) is 3.22. The van der Waals surface area contributed by atoms with Crippen LogP contribution in [-0.2, 0) is 9.53 Å². The lowest BCUT2D eigenvalue weighted by atomic mass is 10.0. The number of ether oxygens (including phenoxy) is 1. The first-order chi connectivity index (χ1) is 15.5. The van der Waals surface area contributed by atoms with Crippen molar-refractivity contribution >= 4 is 35.1 Å². The molecule has 166 valence electrons. The van der Waals surface area contributed by atoms with Crippen molar-refractivity contribution in [1.82, 2.24) is 19.6 Å². The quantitative estimate of drug-likeness (QED) is 0.527. The normalized spacial score (nSPS) is 15.4. The molecule has 32 heavy (non-hydrogen) atoms. The number of carbonyl (C=O) groups excluding carboxylic acids is 2. The molecule has 0 bridgehead atoms. The topological polar surface area (TPSA) is 67.7 Å². The maximum atomic E-state index is 13.0. The van der Waals surface area contributed by atoms with Crippen LogP contribution in [0.2, 0.25) is 10.0 Å². The van der Waals surface area contributed by atoms with E-state index in [0.717, 1.165) is 0 Å². The van der Waals surface area contributed by atoms with Crippen LogP contribution >= 0.6 is 23.2 Å². The third-order valence-electron chi connectivity index (χ3n) is 5.52. The summed E-state index contributed by atoms with van der Waals surface area (Å²) in [5, 5.41) is 5.35. The van der Waals surface area contributed by atoms with Gasteiger partial charge in [0.15, 0.2) is 0 Å². The number of amides is 1. The van der Waals surface area contributed by atoms with E-state index >= 15 is 0 Å². The molecule has 7 nitrogen and oxygen atoms in total. The van der Waals surface area contributed by atoms with Crippen LogP contribution in [0.1, 0.15) is 22.0 Å². The Morgan fingerprint density at radius 3 is 2.28 bits per heavy atom. The second-order valence-corrected chi connectivity index (χ2v) is 8.21. The fraction of sp³-hybridized carbons (Fsp3) is 0.261. The molecule has 9 heteroatoms. The minimum Gasteiger partial charge on any atom is -0.468 e. The van der Waals surface area contributed by atoms with Crippen LogP contribution in [0.5, 0.6) is 0 Å². The summed E-state index contributed by atoms with van der Waals surface area (Å²) in [4.78, 5) is 29.3. The van der Waals surface area contributed by atoms with Crippen LogP contribution in [0, 0.1) is 0 Å². The van der Waals surface area contributed by atoms with Crippen LogP contribution in [0.15, 0.2) is 60.9 Å². The van der Waals surface area contributed by atoms with Gasteiger partial charge in [-0.1, -0.05) is 53.5 Å². The van der Waals surface area contributed by atoms with Gasteiger partial charge < -0.3 is 9.64 Å². The first kappa shape index (κ1) is 22.3. The van der Waals surface area contributed by atoms with Gasteiger partial charge >= 0.3 is 5.97 Å². The van der Waals surface area contributed by atoms with Crippen LogP contribution in [0.4, 0.5) is 0 Å². The molecule has 1 fully saturated rings. The summed E-state index contributed by atoms with van der Waals surface area (Å²) >= 11 is 12.6. The lowest BCUT2D eigenvalue weighted by Gasteiger charge is -2.38. The summed E-state index contributed by atoms with van der Waals surface area (Å²) in [5.74, 6) is -0.491. The minimum atomic E-state index is -0.617. The molecule has 2 heterocycles. The van der Waals surface area contributed by atoms with Gasteiger partial charge in [-0.3, -0.25) is 9.69 Å². The monoisotopic (exact) mass is 472 g/mol. The van der Waals surface area contributed by atoms with Gasteiger partial charge in [-0.05, 0) is 23.8 Å². The number of hydrogen-bond acceptors (Lipinski definition) is 5.